The van der Waals surface area contributed by atoms with Crippen LogP contribution in [0, 0.1) is 6.92 Å². The summed E-state index contributed by atoms with van der Waals surface area (Å²) in [7, 11) is 0. The van der Waals surface area contributed by atoms with Crippen molar-refractivity contribution in [2.24, 2.45) is 0 Å². The molecule has 116 valence electrons. The molecule has 0 unspecified atom stereocenters. The first-order chi connectivity index (χ1) is 9.84. The summed E-state index contributed by atoms with van der Waals surface area (Å²) in [4.78, 5) is 3.22. The first-order valence-electron chi connectivity index (χ1n) is 8.88. The zero-order chi connectivity index (χ0) is 14.5. The highest BCUT2D eigenvalue weighted by molar-refractivity contribution is 4.70. The molecule has 0 aliphatic rings. The molecule has 0 radical (unpaired) electrons. The van der Waals surface area contributed by atoms with Crippen LogP contribution in [0.2, 0.25) is 0 Å². The number of aryl methyl sites for hydroxylation is 2. The molecule has 1 aromatic rings. The van der Waals surface area contributed by atoms with Crippen LogP contribution >= 0.6 is 0 Å². The fourth-order valence-electron chi connectivity index (χ4n) is 2.81. The van der Waals surface area contributed by atoms with Crippen molar-refractivity contribution < 1.29 is 4.57 Å². The lowest BCUT2D eigenvalue weighted by atomic mass is 10.1. The van der Waals surface area contributed by atoms with Crippen molar-refractivity contribution >= 4 is 0 Å². The lowest BCUT2D eigenvalue weighted by Gasteiger charge is -2.02. The molecule has 1 aromatic heterocycles. The molecule has 0 amide bonds. The van der Waals surface area contributed by atoms with Crippen molar-refractivity contribution in [2.45, 2.75) is 97.4 Å². The van der Waals surface area contributed by atoms with Gasteiger partial charge in [0.05, 0.1) is 6.54 Å². The minimum absolute atomic E-state index is 1.17. The molecule has 2 nitrogen and oxygen atoms in total. The first kappa shape index (κ1) is 17.3. The van der Waals surface area contributed by atoms with Crippen LogP contribution in [-0.2, 0) is 6.54 Å². The molecule has 1 N–H and O–H groups in total. The summed E-state index contributed by atoms with van der Waals surface area (Å²) in [6, 6.07) is 0. The number of H-pyrrole nitrogens is 1. The third kappa shape index (κ3) is 8.39. The van der Waals surface area contributed by atoms with Crippen LogP contribution in [0.5, 0.6) is 0 Å². The van der Waals surface area contributed by atoms with E-state index in [1.807, 2.05) is 6.20 Å². The van der Waals surface area contributed by atoms with Gasteiger partial charge in [-0.1, -0.05) is 71.1 Å². The number of nitrogens with one attached hydrogen (secondary N) is 1. The van der Waals surface area contributed by atoms with Crippen LogP contribution in [0.4, 0.5) is 0 Å². The average Bonchev–Trinajstić information content (AvgIpc) is 2.85. The number of aromatic nitrogens is 2. The van der Waals surface area contributed by atoms with E-state index in [1.54, 1.807) is 0 Å². The number of hydrogen-bond acceptors (Lipinski definition) is 0. The SMILES string of the molecule is CCCCCCCCCCCCCC[n+]1cc[nH]c1C. The Morgan fingerprint density at radius 1 is 0.800 bits per heavy atom. The van der Waals surface area contributed by atoms with Crippen LogP contribution in [-0.4, -0.2) is 4.98 Å². The normalized spacial score (nSPS) is 11.1. The molecule has 20 heavy (non-hydrogen) atoms. The molecule has 0 spiro atoms. The summed E-state index contributed by atoms with van der Waals surface area (Å²) in [5.74, 6) is 1.27. The molecule has 0 aliphatic heterocycles. The van der Waals surface area contributed by atoms with Gasteiger partial charge in [0.2, 0.25) is 0 Å². The molecular weight excluding hydrogens is 244 g/mol. The Morgan fingerprint density at radius 3 is 1.75 bits per heavy atom. The van der Waals surface area contributed by atoms with E-state index in [-0.39, 0.29) is 0 Å². The minimum atomic E-state index is 1.17. The third-order valence-corrected chi connectivity index (χ3v) is 4.23. The highest BCUT2D eigenvalue weighted by Crippen LogP contribution is 2.11. The largest absolute Gasteiger partial charge is 0.251 e. The lowest BCUT2D eigenvalue weighted by molar-refractivity contribution is -0.702. The molecule has 2 heteroatoms. The van der Waals surface area contributed by atoms with E-state index in [0.717, 1.165) is 0 Å². The Bertz CT molecular complexity index is 317. The van der Waals surface area contributed by atoms with E-state index in [4.69, 9.17) is 0 Å². The Kier molecular flexibility index (Phi) is 10.3. The maximum absolute atomic E-state index is 3.22. The molecule has 0 aromatic carbocycles. The van der Waals surface area contributed by atoms with Crippen LogP contribution < -0.4 is 4.57 Å². The van der Waals surface area contributed by atoms with Gasteiger partial charge in [0, 0.05) is 6.92 Å². The summed E-state index contributed by atoms with van der Waals surface area (Å²) in [5, 5.41) is 0. The summed E-state index contributed by atoms with van der Waals surface area (Å²) < 4.78 is 2.32. The standard InChI is InChI=1S/C18H34N2/c1-3-4-5-6-7-8-9-10-11-12-13-14-16-20-17-15-19-18(20)2/h15,17H,3-14,16H2,1-2H3/p+1. The van der Waals surface area contributed by atoms with Crippen molar-refractivity contribution in [1.29, 1.82) is 0 Å². The second-order valence-electron chi connectivity index (χ2n) is 6.13. The van der Waals surface area contributed by atoms with Gasteiger partial charge in [-0.15, -0.1) is 0 Å². The summed E-state index contributed by atoms with van der Waals surface area (Å²) >= 11 is 0. The van der Waals surface area contributed by atoms with Gasteiger partial charge in [0.25, 0.3) is 5.82 Å². The van der Waals surface area contributed by atoms with E-state index in [9.17, 15) is 0 Å². The van der Waals surface area contributed by atoms with E-state index in [0.29, 0.717) is 0 Å². The second-order valence-corrected chi connectivity index (χ2v) is 6.13. The fourth-order valence-corrected chi connectivity index (χ4v) is 2.81. The number of hydrogen-bond donors (Lipinski definition) is 1. The second kappa shape index (κ2) is 12.0. The summed E-state index contributed by atoms with van der Waals surface area (Å²) in [6.07, 6.45) is 21.3. The fraction of sp³-hybridized carbons (Fsp3) is 0.833. The maximum atomic E-state index is 3.22. The van der Waals surface area contributed by atoms with Gasteiger partial charge in [0.15, 0.2) is 0 Å². The van der Waals surface area contributed by atoms with Crippen molar-refractivity contribution in [3.8, 4) is 0 Å². The molecular formula is C18H35N2+. The number of unbranched alkanes of at least 4 members (excludes halogenated alkanes) is 11. The molecule has 0 atom stereocenters. The maximum Gasteiger partial charge on any atom is 0.251 e. The van der Waals surface area contributed by atoms with Gasteiger partial charge >= 0.3 is 0 Å². The quantitative estimate of drug-likeness (QED) is 0.373. The molecule has 0 aliphatic carbocycles. The zero-order valence-electron chi connectivity index (χ0n) is 13.8. The van der Waals surface area contributed by atoms with Gasteiger partial charge in [-0.25, -0.2) is 9.55 Å². The van der Waals surface area contributed by atoms with Gasteiger partial charge in [0.1, 0.15) is 12.4 Å². The van der Waals surface area contributed by atoms with E-state index < -0.39 is 0 Å². The van der Waals surface area contributed by atoms with Gasteiger partial charge in [-0.3, -0.25) is 0 Å². The number of rotatable bonds is 13. The van der Waals surface area contributed by atoms with E-state index in [2.05, 4.69) is 29.6 Å². The van der Waals surface area contributed by atoms with Crippen molar-refractivity contribution in [2.75, 3.05) is 0 Å². The predicted octanol–water partition coefficient (Wildman–Crippen LogP) is 5.31. The highest BCUT2D eigenvalue weighted by atomic mass is 15.0. The van der Waals surface area contributed by atoms with E-state index >= 15 is 0 Å². The van der Waals surface area contributed by atoms with Gasteiger partial charge in [-0.2, -0.15) is 0 Å². The summed E-state index contributed by atoms with van der Waals surface area (Å²) in [6.45, 7) is 5.60. The average molecular weight is 279 g/mol. The Hall–Kier alpha value is -0.790. The zero-order valence-corrected chi connectivity index (χ0v) is 13.8. The van der Waals surface area contributed by atoms with Crippen molar-refractivity contribution in [1.82, 2.24) is 4.98 Å². The van der Waals surface area contributed by atoms with Crippen molar-refractivity contribution in [3.05, 3.63) is 18.2 Å². The monoisotopic (exact) mass is 279 g/mol. The lowest BCUT2D eigenvalue weighted by Crippen LogP contribution is -2.34. The van der Waals surface area contributed by atoms with E-state index in [1.165, 1.54) is 89.4 Å². The first-order valence-corrected chi connectivity index (χ1v) is 8.88. The smallest absolute Gasteiger partial charge is 0.248 e. The highest BCUT2D eigenvalue weighted by Gasteiger charge is 2.02. The van der Waals surface area contributed by atoms with Gasteiger partial charge < -0.3 is 0 Å². The molecule has 0 saturated heterocycles. The topological polar surface area (TPSA) is 19.7 Å². The van der Waals surface area contributed by atoms with Crippen LogP contribution in [0.1, 0.15) is 89.8 Å². The molecule has 0 bridgehead atoms. The van der Waals surface area contributed by atoms with Crippen LogP contribution in [0.3, 0.4) is 0 Å². The minimum Gasteiger partial charge on any atom is -0.248 e. The predicted molar refractivity (Wildman–Crippen MR) is 86.8 cm³/mol. The third-order valence-electron chi connectivity index (χ3n) is 4.23. The Morgan fingerprint density at radius 2 is 1.30 bits per heavy atom. The van der Waals surface area contributed by atoms with Crippen LogP contribution in [0.15, 0.2) is 12.4 Å². The number of nitrogens with zero attached hydrogens (tertiary/aromatic N) is 1. The number of imidazole rings is 1. The molecule has 1 rings (SSSR count). The van der Waals surface area contributed by atoms with Gasteiger partial charge in [-0.05, 0) is 12.8 Å². The van der Waals surface area contributed by atoms with Crippen molar-refractivity contribution in [3.63, 3.8) is 0 Å². The Balaban J connectivity index is 1.78. The van der Waals surface area contributed by atoms with Crippen LogP contribution in [0.25, 0.3) is 0 Å². The summed E-state index contributed by atoms with van der Waals surface area (Å²) in [5.41, 5.74) is 0. The molecule has 0 saturated carbocycles. The molecule has 0 fully saturated rings. The molecule has 1 heterocycles. The Labute approximate surface area is 126 Å². The number of aromatic amines is 1.